The van der Waals surface area contributed by atoms with Gasteiger partial charge in [-0.3, -0.25) is 4.98 Å². The van der Waals surface area contributed by atoms with Crippen LogP contribution in [-0.2, 0) is 6.54 Å². The Balaban J connectivity index is 1.45. The van der Waals surface area contributed by atoms with E-state index in [2.05, 4.69) is 60.5 Å². The van der Waals surface area contributed by atoms with Crippen LogP contribution in [-0.4, -0.2) is 17.6 Å². The van der Waals surface area contributed by atoms with Crippen molar-refractivity contribution in [1.29, 1.82) is 0 Å². The lowest BCUT2D eigenvalue weighted by atomic mass is 9.79. The smallest absolute Gasteiger partial charge is 0.119 e. The van der Waals surface area contributed by atoms with Crippen molar-refractivity contribution < 1.29 is 4.74 Å². The molecular weight excluding hydrogens is 308 g/mol. The molecule has 3 atom stereocenters. The summed E-state index contributed by atoms with van der Waals surface area (Å²) in [6.07, 6.45) is 9.03. The van der Waals surface area contributed by atoms with Crippen LogP contribution in [0, 0.1) is 18.8 Å². The second-order valence-electron chi connectivity index (χ2n) is 7.45. The maximum Gasteiger partial charge on any atom is 0.119 e. The van der Waals surface area contributed by atoms with E-state index < -0.39 is 0 Å². The first kappa shape index (κ1) is 17.9. The SMILES string of the molecule is Cc1cccc(OC2CCC[C@H](C(C)CNCc3ccncc3)C2)c1. The molecule has 3 nitrogen and oxygen atoms in total. The molecular formula is C22H30N2O. The number of rotatable bonds is 7. The molecule has 134 valence electrons. The third-order valence-electron chi connectivity index (χ3n) is 5.31. The molecule has 1 aromatic heterocycles. The molecule has 1 saturated carbocycles. The zero-order valence-electron chi connectivity index (χ0n) is 15.4. The molecule has 2 aromatic rings. The summed E-state index contributed by atoms with van der Waals surface area (Å²) in [7, 11) is 0. The Labute approximate surface area is 151 Å². The van der Waals surface area contributed by atoms with E-state index >= 15 is 0 Å². The lowest BCUT2D eigenvalue weighted by Crippen LogP contribution is -2.33. The van der Waals surface area contributed by atoms with Crippen LogP contribution in [0.4, 0.5) is 0 Å². The van der Waals surface area contributed by atoms with Crippen LogP contribution in [0.1, 0.15) is 43.7 Å². The largest absolute Gasteiger partial charge is 0.490 e. The first-order valence-electron chi connectivity index (χ1n) is 9.53. The topological polar surface area (TPSA) is 34.1 Å². The van der Waals surface area contributed by atoms with E-state index in [1.165, 1.54) is 36.8 Å². The van der Waals surface area contributed by atoms with Gasteiger partial charge in [0.25, 0.3) is 0 Å². The fourth-order valence-corrected chi connectivity index (χ4v) is 3.80. The third-order valence-corrected chi connectivity index (χ3v) is 5.31. The highest BCUT2D eigenvalue weighted by atomic mass is 16.5. The Morgan fingerprint density at radius 2 is 2.04 bits per heavy atom. The number of hydrogen-bond donors (Lipinski definition) is 1. The first-order valence-corrected chi connectivity index (χ1v) is 9.53. The molecule has 1 aliphatic rings. The number of nitrogens with zero attached hydrogens (tertiary/aromatic N) is 1. The average molecular weight is 338 g/mol. The second-order valence-corrected chi connectivity index (χ2v) is 7.45. The number of hydrogen-bond acceptors (Lipinski definition) is 3. The molecule has 0 spiro atoms. The molecule has 0 radical (unpaired) electrons. The summed E-state index contributed by atoms with van der Waals surface area (Å²) in [6.45, 7) is 6.47. The highest BCUT2D eigenvalue weighted by Crippen LogP contribution is 2.32. The van der Waals surface area contributed by atoms with E-state index in [1.807, 2.05) is 12.4 Å². The average Bonchev–Trinajstić information content (AvgIpc) is 2.63. The molecule has 2 unspecified atom stereocenters. The zero-order valence-corrected chi connectivity index (χ0v) is 15.4. The quantitative estimate of drug-likeness (QED) is 0.791. The van der Waals surface area contributed by atoms with Gasteiger partial charge in [-0.25, -0.2) is 0 Å². The van der Waals surface area contributed by atoms with E-state index in [1.54, 1.807) is 0 Å². The van der Waals surface area contributed by atoms with Crippen molar-refractivity contribution in [2.75, 3.05) is 6.54 Å². The first-order chi connectivity index (χ1) is 12.2. The van der Waals surface area contributed by atoms with Gasteiger partial charge in [-0.1, -0.05) is 19.1 Å². The highest BCUT2D eigenvalue weighted by Gasteiger charge is 2.27. The number of aryl methyl sites for hydroxylation is 1. The number of aromatic nitrogens is 1. The number of nitrogens with one attached hydrogen (secondary N) is 1. The van der Waals surface area contributed by atoms with Gasteiger partial charge >= 0.3 is 0 Å². The Morgan fingerprint density at radius 3 is 2.84 bits per heavy atom. The van der Waals surface area contributed by atoms with Crippen LogP contribution in [0.25, 0.3) is 0 Å². The minimum absolute atomic E-state index is 0.364. The van der Waals surface area contributed by atoms with Gasteiger partial charge < -0.3 is 10.1 Å². The summed E-state index contributed by atoms with van der Waals surface area (Å²) < 4.78 is 6.26. The number of benzene rings is 1. The predicted molar refractivity (Wildman–Crippen MR) is 103 cm³/mol. The van der Waals surface area contributed by atoms with Crippen molar-refractivity contribution in [3.63, 3.8) is 0 Å². The summed E-state index contributed by atoms with van der Waals surface area (Å²) in [4.78, 5) is 4.07. The van der Waals surface area contributed by atoms with E-state index in [0.717, 1.165) is 24.8 Å². The molecule has 25 heavy (non-hydrogen) atoms. The number of pyridine rings is 1. The standard InChI is InChI=1S/C22H30N2O/c1-17-5-3-7-21(13-17)25-22-8-4-6-20(14-22)18(2)15-24-16-19-9-11-23-12-10-19/h3,5,7,9-13,18,20,22,24H,4,6,8,14-16H2,1-2H3/t18?,20-,22?/m0/s1. The van der Waals surface area contributed by atoms with Gasteiger partial charge in [-0.05, 0) is 86.4 Å². The molecule has 1 fully saturated rings. The van der Waals surface area contributed by atoms with Crippen LogP contribution in [0.15, 0.2) is 48.8 Å². The lowest BCUT2D eigenvalue weighted by molar-refractivity contribution is 0.102. The summed E-state index contributed by atoms with van der Waals surface area (Å²) in [5.74, 6) is 2.44. The zero-order chi connectivity index (χ0) is 17.5. The van der Waals surface area contributed by atoms with E-state index in [9.17, 15) is 0 Å². The Morgan fingerprint density at radius 1 is 1.20 bits per heavy atom. The van der Waals surface area contributed by atoms with Gasteiger partial charge in [0, 0.05) is 18.9 Å². The van der Waals surface area contributed by atoms with Gasteiger partial charge in [0.05, 0.1) is 6.10 Å². The van der Waals surface area contributed by atoms with Crippen molar-refractivity contribution in [3.05, 3.63) is 59.9 Å². The highest BCUT2D eigenvalue weighted by molar-refractivity contribution is 5.27. The Bertz CT molecular complexity index is 643. The molecule has 3 heteroatoms. The van der Waals surface area contributed by atoms with Crippen LogP contribution >= 0.6 is 0 Å². The minimum Gasteiger partial charge on any atom is -0.490 e. The van der Waals surface area contributed by atoms with E-state index in [0.29, 0.717) is 12.0 Å². The van der Waals surface area contributed by atoms with Crippen LogP contribution in [0.5, 0.6) is 5.75 Å². The van der Waals surface area contributed by atoms with Crippen molar-refractivity contribution in [2.45, 2.75) is 52.2 Å². The van der Waals surface area contributed by atoms with Crippen molar-refractivity contribution >= 4 is 0 Å². The molecule has 0 bridgehead atoms. The Hall–Kier alpha value is -1.87. The molecule has 1 aliphatic carbocycles. The monoisotopic (exact) mass is 338 g/mol. The normalized spacial score (nSPS) is 21.7. The van der Waals surface area contributed by atoms with Crippen molar-refractivity contribution in [2.24, 2.45) is 11.8 Å². The Kier molecular flexibility index (Phi) is 6.46. The van der Waals surface area contributed by atoms with Gasteiger partial charge in [-0.15, -0.1) is 0 Å². The van der Waals surface area contributed by atoms with Gasteiger partial charge in [0.15, 0.2) is 0 Å². The molecule has 1 aromatic carbocycles. The molecule has 3 rings (SSSR count). The predicted octanol–water partition coefficient (Wildman–Crippen LogP) is 4.75. The minimum atomic E-state index is 0.364. The van der Waals surface area contributed by atoms with Gasteiger partial charge in [0.1, 0.15) is 5.75 Å². The maximum atomic E-state index is 6.26. The second kappa shape index (κ2) is 9.00. The molecule has 0 aliphatic heterocycles. The summed E-state index contributed by atoms with van der Waals surface area (Å²) >= 11 is 0. The third kappa shape index (κ3) is 5.57. The molecule has 1 heterocycles. The van der Waals surface area contributed by atoms with E-state index in [-0.39, 0.29) is 0 Å². The van der Waals surface area contributed by atoms with Crippen molar-refractivity contribution in [3.8, 4) is 5.75 Å². The molecule has 0 saturated heterocycles. The van der Waals surface area contributed by atoms with Gasteiger partial charge in [-0.2, -0.15) is 0 Å². The van der Waals surface area contributed by atoms with Crippen molar-refractivity contribution in [1.82, 2.24) is 10.3 Å². The fourth-order valence-electron chi connectivity index (χ4n) is 3.80. The lowest BCUT2D eigenvalue weighted by Gasteiger charge is -2.33. The number of ether oxygens (including phenoxy) is 1. The van der Waals surface area contributed by atoms with Crippen LogP contribution < -0.4 is 10.1 Å². The summed E-state index contributed by atoms with van der Waals surface area (Å²) in [5.41, 5.74) is 2.56. The van der Waals surface area contributed by atoms with Crippen LogP contribution in [0.3, 0.4) is 0 Å². The van der Waals surface area contributed by atoms with Crippen LogP contribution in [0.2, 0.25) is 0 Å². The molecule has 1 N–H and O–H groups in total. The molecule has 0 amide bonds. The fraction of sp³-hybridized carbons (Fsp3) is 0.500. The van der Waals surface area contributed by atoms with E-state index in [4.69, 9.17) is 4.74 Å². The summed E-state index contributed by atoms with van der Waals surface area (Å²) in [6, 6.07) is 12.6. The van der Waals surface area contributed by atoms with Gasteiger partial charge in [0.2, 0.25) is 0 Å². The summed E-state index contributed by atoms with van der Waals surface area (Å²) in [5, 5.41) is 3.60. The maximum absolute atomic E-state index is 6.26.